The first-order valence-corrected chi connectivity index (χ1v) is 5.59. The van der Waals surface area contributed by atoms with Crippen LogP contribution < -0.4 is 10.6 Å². The molecular formula is C14H17N3. The number of rotatable bonds is 3. The predicted molar refractivity (Wildman–Crippen MR) is 73.3 cm³/mol. The number of nitrogens with zero attached hydrogens (tertiary/aromatic N) is 1. The maximum Gasteiger partial charge on any atom is 0.132 e. The van der Waals surface area contributed by atoms with Gasteiger partial charge in [0.1, 0.15) is 5.84 Å². The number of hydrogen-bond acceptors (Lipinski definition) is 3. The Balaban J connectivity index is 2.31. The minimum atomic E-state index is 0.659. The smallest absolute Gasteiger partial charge is 0.132 e. The first-order chi connectivity index (χ1) is 8.06. The third-order valence-electron chi connectivity index (χ3n) is 2.58. The van der Waals surface area contributed by atoms with Crippen LogP contribution in [-0.4, -0.2) is 12.4 Å². The quantitative estimate of drug-likeness (QED) is 0.833. The summed E-state index contributed by atoms with van der Waals surface area (Å²) in [6, 6.07) is 6.21. The molecule has 2 N–H and O–H groups in total. The average Bonchev–Trinajstić information content (AvgIpc) is 2.67. The molecule has 1 heterocycles. The zero-order valence-corrected chi connectivity index (χ0v) is 10.3. The number of amidine groups is 1. The molecule has 3 nitrogen and oxygen atoms in total. The van der Waals surface area contributed by atoms with Gasteiger partial charge >= 0.3 is 0 Å². The molecule has 0 aliphatic carbocycles. The number of allylic oxidation sites excluding steroid dienone is 1. The largest absolute Gasteiger partial charge is 0.359 e. The van der Waals surface area contributed by atoms with Crippen LogP contribution in [0, 0.1) is 6.92 Å². The van der Waals surface area contributed by atoms with E-state index in [0.29, 0.717) is 6.54 Å². The van der Waals surface area contributed by atoms with Gasteiger partial charge in [-0.05, 0) is 25.5 Å². The second kappa shape index (κ2) is 4.45. The minimum Gasteiger partial charge on any atom is -0.359 e. The van der Waals surface area contributed by atoms with Crippen LogP contribution in [0.4, 0.5) is 5.69 Å². The van der Waals surface area contributed by atoms with Gasteiger partial charge in [-0.25, -0.2) is 0 Å². The summed E-state index contributed by atoms with van der Waals surface area (Å²) in [5.41, 5.74) is 5.19. The number of hydrogen-bond donors (Lipinski definition) is 2. The fraction of sp³-hybridized carbons (Fsp3) is 0.214. The maximum absolute atomic E-state index is 4.39. The molecule has 88 valence electrons. The number of benzene rings is 1. The molecule has 1 aliphatic rings. The van der Waals surface area contributed by atoms with Crippen LogP contribution in [0.1, 0.15) is 18.1 Å². The second-order valence-electron chi connectivity index (χ2n) is 4.33. The van der Waals surface area contributed by atoms with Gasteiger partial charge in [0.25, 0.3) is 0 Å². The fourth-order valence-electron chi connectivity index (χ4n) is 1.72. The molecule has 0 spiro atoms. The van der Waals surface area contributed by atoms with Crippen molar-refractivity contribution in [2.24, 2.45) is 4.99 Å². The van der Waals surface area contributed by atoms with E-state index in [4.69, 9.17) is 0 Å². The lowest BCUT2D eigenvalue weighted by molar-refractivity contribution is 1.12. The lowest BCUT2D eigenvalue weighted by atomic mass is 10.1. The van der Waals surface area contributed by atoms with Crippen LogP contribution in [-0.2, 0) is 0 Å². The molecule has 0 fully saturated rings. The molecule has 0 saturated carbocycles. The van der Waals surface area contributed by atoms with E-state index in [-0.39, 0.29) is 0 Å². The summed E-state index contributed by atoms with van der Waals surface area (Å²) in [4.78, 5) is 4.39. The summed E-state index contributed by atoms with van der Waals surface area (Å²) in [5, 5.41) is 6.42. The highest BCUT2D eigenvalue weighted by molar-refractivity contribution is 6.02. The summed E-state index contributed by atoms with van der Waals surface area (Å²) >= 11 is 0. The zero-order chi connectivity index (χ0) is 12.4. The van der Waals surface area contributed by atoms with Crippen molar-refractivity contribution < 1.29 is 0 Å². The molecular weight excluding hydrogens is 210 g/mol. The topological polar surface area (TPSA) is 36.4 Å². The fourth-order valence-corrected chi connectivity index (χ4v) is 1.72. The van der Waals surface area contributed by atoms with Crippen LogP contribution in [0.15, 0.2) is 47.7 Å². The Morgan fingerprint density at radius 1 is 1.47 bits per heavy atom. The van der Waals surface area contributed by atoms with E-state index < -0.39 is 0 Å². The molecule has 0 radical (unpaired) electrons. The molecule has 0 unspecified atom stereocenters. The Morgan fingerprint density at radius 3 is 2.82 bits per heavy atom. The molecule has 2 rings (SSSR count). The van der Waals surface area contributed by atoms with Crippen molar-refractivity contribution in [2.75, 3.05) is 11.9 Å². The van der Waals surface area contributed by atoms with Gasteiger partial charge in [0.2, 0.25) is 0 Å². The molecule has 17 heavy (non-hydrogen) atoms. The first-order valence-electron chi connectivity index (χ1n) is 5.59. The van der Waals surface area contributed by atoms with Crippen molar-refractivity contribution in [1.29, 1.82) is 0 Å². The van der Waals surface area contributed by atoms with Gasteiger partial charge in [-0.3, -0.25) is 4.99 Å². The lowest BCUT2D eigenvalue weighted by Gasteiger charge is -2.11. The Morgan fingerprint density at radius 2 is 2.24 bits per heavy atom. The number of aliphatic imine (C=N–C) groups is 1. The highest BCUT2D eigenvalue weighted by Gasteiger charge is 2.11. The third kappa shape index (κ3) is 2.56. The molecule has 0 saturated heterocycles. The van der Waals surface area contributed by atoms with Crippen LogP contribution in [0.2, 0.25) is 0 Å². The van der Waals surface area contributed by atoms with E-state index in [1.165, 1.54) is 5.56 Å². The van der Waals surface area contributed by atoms with Crippen LogP contribution in [0.3, 0.4) is 0 Å². The zero-order valence-electron chi connectivity index (χ0n) is 10.3. The van der Waals surface area contributed by atoms with Crippen molar-refractivity contribution >= 4 is 11.5 Å². The average molecular weight is 227 g/mol. The van der Waals surface area contributed by atoms with Gasteiger partial charge in [-0.1, -0.05) is 25.3 Å². The molecule has 1 aromatic carbocycles. The highest BCUT2D eigenvalue weighted by Crippen LogP contribution is 2.19. The Labute approximate surface area is 102 Å². The van der Waals surface area contributed by atoms with Crippen molar-refractivity contribution in [3.05, 3.63) is 53.9 Å². The van der Waals surface area contributed by atoms with E-state index in [1.807, 2.05) is 6.92 Å². The molecule has 1 aliphatic heterocycles. The van der Waals surface area contributed by atoms with E-state index in [9.17, 15) is 0 Å². The lowest BCUT2D eigenvalue weighted by Crippen LogP contribution is -2.17. The predicted octanol–water partition coefficient (Wildman–Crippen LogP) is 2.80. The highest BCUT2D eigenvalue weighted by atomic mass is 15.1. The minimum absolute atomic E-state index is 0.659. The van der Waals surface area contributed by atoms with Gasteiger partial charge in [0.15, 0.2) is 0 Å². The summed E-state index contributed by atoms with van der Waals surface area (Å²) in [6.45, 7) is 12.4. The van der Waals surface area contributed by atoms with Gasteiger partial charge in [0, 0.05) is 22.6 Å². The molecule has 0 aromatic heterocycles. The number of nitrogens with one attached hydrogen (secondary N) is 2. The van der Waals surface area contributed by atoms with E-state index in [0.717, 1.165) is 28.5 Å². The van der Waals surface area contributed by atoms with Crippen LogP contribution in [0.5, 0.6) is 0 Å². The third-order valence-corrected chi connectivity index (χ3v) is 2.58. The van der Waals surface area contributed by atoms with Crippen LogP contribution >= 0.6 is 0 Å². The standard InChI is InChI=1S/C14H17N3/c1-9(2)16-13-7-12(6-5-10(13)3)14-15-8-11(4)17-14/h5-7,16H,1,4,8H2,2-3H3,(H,15,17). The van der Waals surface area contributed by atoms with E-state index in [1.54, 1.807) is 0 Å². The van der Waals surface area contributed by atoms with Crippen molar-refractivity contribution in [2.45, 2.75) is 13.8 Å². The monoisotopic (exact) mass is 227 g/mol. The molecule has 0 atom stereocenters. The van der Waals surface area contributed by atoms with Gasteiger partial charge in [-0.2, -0.15) is 0 Å². The van der Waals surface area contributed by atoms with E-state index >= 15 is 0 Å². The Hall–Kier alpha value is -2.03. The summed E-state index contributed by atoms with van der Waals surface area (Å²) in [5.74, 6) is 0.889. The molecule has 3 heteroatoms. The maximum atomic E-state index is 4.39. The SMILES string of the molecule is C=C(C)Nc1cc(C2=NCC(=C)N2)ccc1C. The van der Waals surface area contributed by atoms with Crippen molar-refractivity contribution in [3.8, 4) is 0 Å². The number of aryl methyl sites for hydroxylation is 1. The molecule has 0 bridgehead atoms. The summed E-state index contributed by atoms with van der Waals surface area (Å²) in [6.07, 6.45) is 0. The van der Waals surface area contributed by atoms with Crippen LogP contribution in [0.25, 0.3) is 0 Å². The molecule has 0 amide bonds. The van der Waals surface area contributed by atoms with Gasteiger partial charge in [0.05, 0.1) is 6.54 Å². The number of anilines is 1. The Bertz CT molecular complexity index is 512. The summed E-state index contributed by atoms with van der Waals surface area (Å²) < 4.78 is 0. The normalized spacial score (nSPS) is 14.2. The van der Waals surface area contributed by atoms with E-state index in [2.05, 4.69) is 53.9 Å². The second-order valence-corrected chi connectivity index (χ2v) is 4.33. The summed E-state index contributed by atoms with van der Waals surface area (Å²) in [7, 11) is 0. The van der Waals surface area contributed by atoms with Gasteiger partial charge in [-0.15, -0.1) is 0 Å². The first kappa shape index (κ1) is 11.5. The molecule has 1 aromatic rings. The van der Waals surface area contributed by atoms with Crippen molar-refractivity contribution in [1.82, 2.24) is 5.32 Å². The Kier molecular flexibility index (Phi) is 3.00. The van der Waals surface area contributed by atoms with Crippen molar-refractivity contribution in [3.63, 3.8) is 0 Å². The van der Waals surface area contributed by atoms with Gasteiger partial charge < -0.3 is 10.6 Å².